The Hall–Kier alpha value is -2.79. The van der Waals surface area contributed by atoms with E-state index in [-0.39, 0.29) is 19.0 Å². The van der Waals surface area contributed by atoms with Gasteiger partial charge in [-0.25, -0.2) is 4.98 Å². The van der Waals surface area contributed by atoms with Crippen LogP contribution in [0.4, 0.5) is 0 Å². The van der Waals surface area contributed by atoms with E-state index in [1.165, 1.54) is 0 Å². The molecule has 0 bridgehead atoms. The van der Waals surface area contributed by atoms with Gasteiger partial charge in [-0.05, 0) is 48.7 Å². The molecule has 146 valence electrons. The molecular weight excluding hydrogens is 378 g/mol. The fourth-order valence-electron chi connectivity index (χ4n) is 2.97. The number of pyridine rings is 1. The average molecular weight is 400 g/mol. The molecule has 0 aliphatic rings. The highest BCUT2D eigenvalue weighted by Gasteiger charge is 2.12. The van der Waals surface area contributed by atoms with Gasteiger partial charge in [0, 0.05) is 10.9 Å². The van der Waals surface area contributed by atoms with Gasteiger partial charge < -0.3 is 14.2 Å². The molecule has 0 fully saturated rings. The Morgan fingerprint density at radius 3 is 2.50 bits per heavy atom. The third-order valence-corrected chi connectivity index (χ3v) is 5.05. The van der Waals surface area contributed by atoms with E-state index in [9.17, 15) is 4.79 Å². The van der Waals surface area contributed by atoms with E-state index in [1.807, 2.05) is 32.0 Å². The van der Waals surface area contributed by atoms with Crippen LogP contribution >= 0.6 is 11.6 Å². The van der Waals surface area contributed by atoms with Crippen molar-refractivity contribution in [3.63, 3.8) is 0 Å². The lowest BCUT2D eigenvalue weighted by Gasteiger charge is -2.11. The largest absolute Gasteiger partial charge is 0.493 e. The van der Waals surface area contributed by atoms with Crippen molar-refractivity contribution in [1.82, 2.24) is 4.98 Å². The zero-order valence-electron chi connectivity index (χ0n) is 16.3. The topological polar surface area (TPSA) is 57.7 Å². The highest BCUT2D eigenvalue weighted by atomic mass is 35.5. The van der Waals surface area contributed by atoms with Crippen molar-refractivity contribution in [3.05, 3.63) is 63.8 Å². The third-order valence-electron chi connectivity index (χ3n) is 4.72. The van der Waals surface area contributed by atoms with Gasteiger partial charge in [0.1, 0.15) is 11.8 Å². The normalized spacial score (nSPS) is 10.8. The first kappa shape index (κ1) is 20.0. The Balaban J connectivity index is 1.71. The van der Waals surface area contributed by atoms with Gasteiger partial charge in [-0.2, -0.15) is 0 Å². The monoisotopic (exact) mass is 399 g/mol. The Morgan fingerprint density at radius 2 is 1.79 bits per heavy atom. The Labute approximate surface area is 169 Å². The van der Waals surface area contributed by atoms with Gasteiger partial charge in [-0.1, -0.05) is 29.8 Å². The molecule has 2 aromatic carbocycles. The average Bonchev–Trinajstić information content (AvgIpc) is 2.69. The first-order chi connectivity index (χ1) is 13.4. The van der Waals surface area contributed by atoms with Crippen LogP contribution in [0.5, 0.6) is 11.5 Å². The SMILES string of the molecule is COc1ccc(CC(=O)OCc2cc3ccc(C)c(C)c3nc2Cl)cc1OC. The first-order valence-corrected chi connectivity index (χ1v) is 9.22. The zero-order chi connectivity index (χ0) is 20.3. The van der Waals surface area contributed by atoms with Crippen LogP contribution in [-0.4, -0.2) is 25.2 Å². The quantitative estimate of drug-likeness (QED) is 0.440. The molecule has 3 aromatic rings. The number of carbonyl (C=O) groups excluding carboxylic acids is 1. The van der Waals surface area contributed by atoms with Crippen LogP contribution in [0.25, 0.3) is 10.9 Å². The van der Waals surface area contributed by atoms with Gasteiger partial charge in [0.25, 0.3) is 0 Å². The van der Waals surface area contributed by atoms with E-state index in [4.69, 9.17) is 25.8 Å². The molecule has 0 aliphatic heterocycles. The van der Waals surface area contributed by atoms with E-state index in [1.54, 1.807) is 32.4 Å². The Morgan fingerprint density at radius 1 is 1.04 bits per heavy atom. The minimum Gasteiger partial charge on any atom is -0.493 e. The summed E-state index contributed by atoms with van der Waals surface area (Å²) in [7, 11) is 3.12. The maximum absolute atomic E-state index is 12.3. The van der Waals surface area contributed by atoms with Gasteiger partial charge in [0.15, 0.2) is 11.5 Å². The number of aryl methyl sites for hydroxylation is 2. The standard InChI is InChI=1S/C22H22ClNO4/c1-13-5-7-16-11-17(22(23)24-21(16)14(13)2)12-28-20(25)10-15-6-8-18(26-3)19(9-15)27-4/h5-9,11H,10,12H2,1-4H3. The summed E-state index contributed by atoms with van der Waals surface area (Å²) in [5.74, 6) is 0.822. The van der Waals surface area contributed by atoms with E-state index in [0.717, 1.165) is 27.6 Å². The number of hydrogen-bond acceptors (Lipinski definition) is 5. The van der Waals surface area contributed by atoms with E-state index >= 15 is 0 Å². The summed E-state index contributed by atoms with van der Waals surface area (Å²) in [6, 6.07) is 11.3. The van der Waals surface area contributed by atoms with Crippen LogP contribution < -0.4 is 9.47 Å². The molecule has 6 heteroatoms. The lowest BCUT2D eigenvalue weighted by atomic mass is 10.0. The summed E-state index contributed by atoms with van der Waals surface area (Å²) in [5, 5.41) is 1.32. The van der Waals surface area contributed by atoms with Gasteiger partial charge >= 0.3 is 5.97 Å². The summed E-state index contributed by atoms with van der Waals surface area (Å²) in [6.45, 7) is 4.12. The van der Waals surface area contributed by atoms with Crippen LogP contribution in [-0.2, 0) is 22.6 Å². The molecule has 0 saturated heterocycles. The van der Waals surface area contributed by atoms with Gasteiger partial charge in [0.05, 0.1) is 26.2 Å². The van der Waals surface area contributed by atoms with Crippen LogP contribution in [0.15, 0.2) is 36.4 Å². The fourth-order valence-corrected chi connectivity index (χ4v) is 3.17. The van der Waals surface area contributed by atoms with Crippen molar-refractivity contribution in [2.45, 2.75) is 26.9 Å². The third kappa shape index (κ3) is 4.20. The second-order valence-corrected chi connectivity index (χ2v) is 6.90. The number of rotatable bonds is 6. The molecule has 5 nitrogen and oxygen atoms in total. The molecule has 28 heavy (non-hydrogen) atoms. The number of ether oxygens (including phenoxy) is 3. The van der Waals surface area contributed by atoms with Gasteiger partial charge in [0.2, 0.25) is 0 Å². The van der Waals surface area contributed by atoms with E-state index in [2.05, 4.69) is 4.98 Å². The van der Waals surface area contributed by atoms with Gasteiger partial charge in [-0.3, -0.25) is 4.79 Å². The number of methoxy groups -OCH3 is 2. The van der Waals surface area contributed by atoms with E-state index in [0.29, 0.717) is 22.2 Å². The van der Waals surface area contributed by atoms with Crippen LogP contribution in [0, 0.1) is 13.8 Å². The lowest BCUT2D eigenvalue weighted by molar-refractivity contribution is -0.144. The molecule has 0 saturated carbocycles. The van der Waals surface area contributed by atoms with Crippen molar-refractivity contribution in [3.8, 4) is 11.5 Å². The zero-order valence-corrected chi connectivity index (χ0v) is 17.1. The van der Waals surface area contributed by atoms with Crippen molar-refractivity contribution in [1.29, 1.82) is 0 Å². The number of halogens is 1. The Bertz CT molecular complexity index is 1030. The van der Waals surface area contributed by atoms with Crippen molar-refractivity contribution in [2.75, 3.05) is 14.2 Å². The minimum atomic E-state index is -0.358. The molecule has 0 atom stereocenters. The summed E-state index contributed by atoms with van der Waals surface area (Å²) < 4.78 is 15.9. The molecule has 0 spiro atoms. The van der Waals surface area contributed by atoms with Crippen LogP contribution in [0.2, 0.25) is 5.15 Å². The second kappa shape index (κ2) is 8.48. The molecule has 0 unspecified atom stereocenters. The Kier molecular flexibility index (Phi) is 6.05. The van der Waals surface area contributed by atoms with Crippen molar-refractivity contribution in [2.24, 2.45) is 0 Å². The number of benzene rings is 2. The molecule has 1 aromatic heterocycles. The molecular formula is C22H22ClNO4. The summed E-state index contributed by atoms with van der Waals surface area (Å²) in [6.07, 6.45) is 0.122. The maximum atomic E-state index is 12.3. The number of nitrogens with zero attached hydrogens (tertiary/aromatic N) is 1. The highest BCUT2D eigenvalue weighted by molar-refractivity contribution is 6.30. The number of esters is 1. The van der Waals surface area contributed by atoms with E-state index < -0.39 is 0 Å². The number of fused-ring (bicyclic) bond motifs is 1. The number of aromatic nitrogens is 1. The number of carbonyl (C=O) groups is 1. The van der Waals surface area contributed by atoms with Gasteiger partial charge in [-0.15, -0.1) is 0 Å². The summed E-state index contributed by atoms with van der Waals surface area (Å²) in [4.78, 5) is 16.7. The van der Waals surface area contributed by atoms with Crippen molar-refractivity contribution < 1.29 is 19.0 Å². The fraction of sp³-hybridized carbons (Fsp3) is 0.273. The van der Waals surface area contributed by atoms with Crippen LogP contribution in [0.1, 0.15) is 22.3 Å². The molecule has 0 amide bonds. The molecule has 3 rings (SSSR count). The molecule has 0 radical (unpaired) electrons. The predicted octanol–water partition coefficient (Wildman–Crippen LogP) is 4.81. The highest BCUT2D eigenvalue weighted by Crippen LogP contribution is 2.28. The van der Waals surface area contributed by atoms with Crippen molar-refractivity contribution >= 4 is 28.5 Å². The summed E-state index contributed by atoms with van der Waals surface area (Å²) in [5.41, 5.74) is 4.57. The molecule has 0 aliphatic carbocycles. The first-order valence-electron chi connectivity index (χ1n) is 8.84. The summed E-state index contributed by atoms with van der Waals surface area (Å²) >= 11 is 6.31. The smallest absolute Gasteiger partial charge is 0.310 e. The minimum absolute atomic E-state index is 0.0703. The number of hydrogen-bond donors (Lipinski definition) is 0. The molecule has 0 N–H and O–H groups in total. The maximum Gasteiger partial charge on any atom is 0.310 e. The molecule has 1 heterocycles. The predicted molar refractivity (Wildman–Crippen MR) is 109 cm³/mol. The second-order valence-electron chi connectivity index (χ2n) is 6.54. The lowest BCUT2D eigenvalue weighted by Crippen LogP contribution is -2.09. The van der Waals surface area contributed by atoms with Crippen LogP contribution in [0.3, 0.4) is 0 Å².